The predicted molar refractivity (Wildman–Crippen MR) is 55.6 cm³/mol. The molecule has 0 saturated heterocycles. The van der Waals surface area contributed by atoms with Crippen LogP contribution in [0.4, 0.5) is 0 Å². The zero-order valence-electron chi connectivity index (χ0n) is 8.71. The number of hydrogen-bond acceptors (Lipinski definition) is 3. The molecule has 86 valence electrons. The lowest BCUT2D eigenvalue weighted by atomic mass is 9.95. The molecule has 0 bridgehead atoms. The second-order valence-electron chi connectivity index (χ2n) is 3.23. The molecule has 0 aliphatic rings. The molecule has 1 rings (SSSR count). The van der Waals surface area contributed by atoms with Gasteiger partial charge in [0.25, 0.3) is 0 Å². The van der Waals surface area contributed by atoms with Crippen molar-refractivity contribution in [2.45, 2.75) is 12.3 Å². The van der Waals surface area contributed by atoms with Gasteiger partial charge in [-0.15, -0.1) is 0 Å². The molecule has 0 spiro atoms. The molecule has 1 aromatic rings. The van der Waals surface area contributed by atoms with Gasteiger partial charge in [0.15, 0.2) is 0 Å². The summed E-state index contributed by atoms with van der Waals surface area (Å²) < 4.78 is 5.00. The molecule has 0 aromatic heterocycles. The maximum absolute atomic E-state index is 11.0. The number of carboxylic acid groups (broad SMARTS) is 2. The number of para-hydroxylation sites is 1. The average Bonchev–Trinajstić information content (AvgIpc) is 2.25. The molecular formula is C11H12O5. The van der Waals surface area contributed by atoms with Gasteiger partial charge in [-0.05, 0) is 6.07 Å². The summed E-state index contributed by atoms with van der Waals surface area (Å²) in [5.74, 6) is -3.03. The van der Waals surface area contributed by atoms with E-state index in [0.717, 1.165) is 0 Å². The lowest BCUT2D eigenvalue weighted by Crippen LogP contribution is -2.16. The van der Waals surface area contributed by atoms with Crippen molar-refractivity contribution in [3.8, 4) is 5.75 Å². The highest BCUT2D eigenvalue weighted by Gasteiger charge is 2.25. The van der Waals surface area contributed by atoms with Gasteiger partial charge < -0.3 is 14.9 Å². The average molecular weight is 224 g/mol. The second kappa shape index (κ2) is 5.16. The van der Waals surface area contributed by atoms with Crippen molar-refractivity contribution in [2.75, 3.05) is 7.11 Å². The Morgan fingerprint density at radius 1 is 1.31 bits per heavy atom. The van der Waals surface area contributed by atoms with E-state index in [2.05, 4.69) is 0 Å². The molecule has 0 radical (unpaired) electrons. The number of carboxylic acids is 2. The molecule has 0 amide bonds. The Labute approximate surface area is 92.3 Å². The van der Waals surface area contributed by atoms with Crippen LogP contribution >= 0.6 is 0 Å². The first-order chi connectivity index (χ1) is 7.56. The van der Waals surface area contributed by atoms with Gasteiger partial charge in [0.1, 0.15) is 5.75 Å². The molecule has 0 aliphatic heterocycles. The van der Waals surface area contributed by atoms with Gasteiger partial charge in [-0.2, -0.15) is 0 Å². The van der Waals surface area contributed by atoms with Crippen molar-refractivity contribution in [3.05, 3.63) is 29.8 Å². The van der Waals surface area contributed by atoms with Crippen LogP contribution in [0.1, 0.15) is 17.9 Å². The zero-order chi connectivity index (χ0) is 12.1. The summed E-state index contributed by atoms with van der Waals surface area (Å²) in [7, 11) is 1.42. The number of methoxy groups -OCH3 is 1. The van der Waals surface area contributed by atoms with Crippen LogP contribution in [0.3, 0.4) is 0 Å². The molecule has 1 unspecified atom stereocenters. The van der Waals surface area contributed by atoms with Crippen LogP contribution in [-0.2, 0) is 9.59 Å². The highest BCUT2D eigenvalue weighted by Crippen LogP contribution is 2.28. The second-order valence-corrected chi connectivity index (χ2v) is 3.23. The fourth-order valence-electron chi connectivity index (χ4n) is 1.46. The van der Waals surface area contributed by atoms with Crippen molar-refractivity contribution < 1.29 is 24.5 Å². The van der Waals surface area contributed by atoms with Crippen molar-refractivity contribution in [1.29, 1.82) is 0 Å². The maximum Gasteiger partial charge on any atom is 0.311 e. The Morgan fingerprint density at radius 2 is 1.94 bits per heavy atom. The van der Waals surface area contributed by atoms with Crippen LogP contribution in [-0.4, -0.2) is 29.3 Å². The number of rotatable bonds is 5. The molecule has 2 N–H and O–H groups in total. The maximum atomic E-state index is 11.0. The molecule has 5 nitrogen and oxygen atoms in total. The minimum atomic E-state index is -1.17. The van der Waals surface area contributed by atoms with E-state index in [1.54, 1.807) is 24.3 Å². The van der Waals surface area contributed by atoms with Gasteiger partial charge in [0.05, 0.1) is 19.4 Å². The number of ether oxygens (including phenoxy) is 1. The summed E-state index contributed by atoms with van der Waals surface area (Å²) in [5.41, 5.74) is 0.375. The third-order valence-corrected chi connectivity index (χ3v) is 2.19. The standard InChI is InChI=1S/C11H12O5/c1-16-9-5-3-2-4-7(9)8(11(14)15)6-10(12)13/h2-5,8H,6H2,1H3,(H,12,13)(H,14,15). The van der Waals surface area contributed by atoms with E-state index < -0.39 is 24.3 Å². The smallest absolute Gasteiger partial charge is 0.311 e. The Balaban J connectivity index is 3.10. The van der Waals surface area contributed by atoms with E-state index in [1.807, 2.05) is 0 Å². The summed E-state index contributed by atoms with van der Waals surface area (Å²) >= 11 is 0. The van der Waals surface area contributed by atoms with Crippen molar-refractivity contribution >= 4 is 11.9 Å². The minimum Gasteiger partial charge on any atom is -0.496 e. The number of hydrogen-bond donors (Lipinski definition) is 2. The summed E-state index contributed by atoms with van der Waals surface area (Å²) in [6.45, 7) is 0. The Bertz CT molecular complexity index is 399. The topological polar surface area (TPSA) is 83.8 Å². The lowest BCUT2D eigenvalue weighted by Gasteiger charge is -2.13. The third kappa shape index (κ3) is 2.73. The first-order valence-corrected chi connectivity index (χ1v) is 4.63. The van der Waals surface area contributed by atoms with E-state index >= 15 is 0 Å². The van der Waals surface area contributed by atoms with Crippen LogP contribution in [0.15, 0.2) is 24.3 Å². The van der Waals surface area contributed by atoms with E-state index in [0.29, 0.717) is 11.3 Å². The van der Waals surface area contributed by atoms with E-state index in [-0.39, 0.29) is 0 Å². The zero-order valence-corrected chi connectivity index (χ0v) is 8.71. The van der Waals surface area contributed by atoms with Crippen molar-refractivity contribution in [2.24, 2.45) is 0 Å². The van der Waals surface area contributed by atoms with Gasteiger partial charge in [-0.25, -0.2) is 0 Å². The van der Waals surface area contributed by atoms with E-state index in [4.69, 9.17) is 14.9 Å². The van der Waals surface area contributed by atoms with Crippen LogP contribution < -0.4 is 4.74 Å². The fourth-order valence-corrected chi connectivity index (χ4v) is 1.46. The lowest BCUT2D eigenvalue weighted by molar-refractivity contribution is -0.145. The number of benzene rings is 1. The van der Waals surface area contributed by atoms with E-state index in [1.165, 1.54) is 7.11 Å². The van der Waals surface area contributed by atoms with Crippen molar-refractivity contribution in [1.82, 2.24) is 0 Å². The predicted octanol–water partition coefficient (Wildman–Crippen LogP) is 1.34. The summed E-state index contributed by atoms with van der Waals surface area (Å²) in [4.78, 5) is 21.6. The van der Waals surface area contributed by atoms with Gasteiger partial charge in [-0.1, -0.05) is 18.2 Å². The molecule has 16 heavy (non-hydrogen) atoms. The van der Waals surface area contributed by atoms with E-state index in [9.17, 15) is 9.59 Å². The summed E-state index contributed by atoms with van der Waals surface area (Å²) in [5, 5.41) is 17.6. The normalized spacial score (nSPS) is 11.8. The molecule has 1 atom stereocenters. The Morgan fingerprint density at radius 3 is 2.44 bits per heavy atom. The van der Waals surface area contributed by atoms with Crippen molar-refractivity contribution in [3.63, 3.8) is 0 Å². The first-order valence-electron chi connectivity index (χ1n) is 4.63. The molecule has 0 aliphatic carbocycles. The molecular weight excluding hydrogens is 212 g/mol. The minimum absolute atomic E-state index is 0.375. The third-order valence-electron chi connectivity index (χ3n) is 2.19. The van der Waals surface area contributed by atoms with Crippen LogP contribution in [0.5, 0.6) is 5.75 Å². The SMILES string of the molecule is COc1ccccc1C(CC(=O)O)C(=O)O. The van der Waals surface area contributed by atoms with Gasteiger partial charge in [-0.3, -0.25) is 9.59 Å². The highest BCUT2D eigenvalue weighted by molar-refractivity contribution is 5.83. The monoisotopic (exact) mass is 224 g/mol. The van der Waals surface area contributed by atoms with Gasteiger partial charge >= 0.3 is 11.9 Å². The van der Waals surface area contributed by atoms with Gasteiger partial charge in [0, 0.05) is 5.56 Å². The summed E-state index contributed by atoms with van der Waals surface area (Å²) in [6, 6.07) is 6.51. The summed E-state index contributed by atoms with van der Waals surface area (Å²) in [6.07, 6.45) is -0.463. The van der Waals surface area contributed by atoms with Crippen LogP contribution in [0.25, 0.3) is 0 Å². The molecule has 1 aromatic carbocycles. The number of aliphatic carboxylic acids is 2. The Hall–Kier alpha value is -2.04. The quantitative estimate of drug-likeness (QED) is 0.788. The molecule has 0 fully saturated rings. The highest BCUT2D eigenvalue weighted by atomic mass is 16.5. The molecule has 0 saturated carbocycles. The first kappa shape index (κ1) is 12.0. The Kier molecular flexibility index (Phi) is 3.88. The fraction of sp³-hybridized carbons (Fsp3) is 0.273. The molecule has 5 heteroatoms. The van der Waals surface area contributed by atoms with Crippen LogP contribution in [0.2, 0.25) is 0 Å². The van der Waals surface area contributed by atoms with Crippen LogP contribution in [0, 0.1) is 0 Å². The van der Waals surface area contributed by atoms with Gasteiger partial charge in [0.2, 0.25) is 0 Å². The number of carbonyl (C=O) groups is 2. The largest absolute Gasteiger partial charge is 0.496 e. The molecule has 0 heterocycles.